The molecule has 0 spiro atoms. The second-order valence-electron chi connectivity index (χ2n) is 4.98. The fourth-order valence-electron chi connectivity index (χ4n) is 2.30. The number of ether oxygens (including phenoxy) is 2. The lowest BCUT2D eigenvalue weighted by molar-refractivity contribution is 0.0960. The molecule has 3 N–H and O–H groups in total. The van der Waals surface area contributed by atoms with Crippen LogP contribution in [-0.4, -0.2) is 30.0 Å². The predicted octanol–water partition coefficient (Wildman–Crippen LogP) is 2.37. The molecule has 7 heteroatoms. The van der Waals surface area contributed by atoms with E-state index in [1.54, 1.807) is 43.6 Å². The average molecular weight is 324 g/mol. The molecule has 0 atom stereocenters. The van der Waals surface area contributed by atoms with E-state index in [4.69, 9.17) is 15.2 Å². The van der Waals surface area contributed by atoms with Gasteiger partial charge < -0.3 is 20.5 Å². The number of hydrogen-bond donors (Lipinski definition) is 2. The van der Waals surface area contributed by atoms with E-state index in [-0.39, 0.29) is 5.91 Å². The minimum atomic E-state index is -0.252. The Balaban J connectivity index is 2.11. The number of carbonyl (C=O) groups is 1. The number of carbonyl (C=O) groups excluding carboxylic acids is 1. The molecule has 0 saturated heterocycles. The number of rotatable bonds is 4. The van der Waals surface area contributed by atoms with Crippen molar-refractivity contribution < 1.29 is 14.3 Å². The molecule has 7 nitrogen and oxygen atoms in total. The van der Waals surface area contributed by atoms with E-state index < -0.39 is 0 Å². The van der Waals surface area contributed by atoms with E-state index in [1.807, 2.05) is 0 Å². The van der Waals surface area contributed by atoms with Crippen molar-refractivity contribution in [3.63, 3.8) is 0 Å². The fraction of sp³-hybridized carbons (Fsp3) is 0.118. The highest BCUT2D eigenvalue weighted by Gasteiger charge is 2.15. The first-order valence-corrected chi connectivity index (χ1v) is 7.20. The summed E-state index contributed by atoms with van der Waals surface area (Å²) in [7, 11) is 3.07. The van der Waals surface area contributed by atoms with Gasteiger partial charge in [0.1, 0.15) is 23.1 Å². The normalized spacial score (nSPS) is 10.4. The molecule has 3 rings (SSSR count). The maximum Gasteiger partial charge on any atom is 0.254 e. The number of nitrogens with two attached hydrogens (primary N) is 1. The lowest BCUT2D eigenvalue weighted by Crippen LogP contribution is -2.18. The minimum Gasteiger partial charge on any atom is -0.496 e. The van der Waals surface area contributed by atoms with E-state index in [1.165, 1.54) is 13.3 Å². The Morgan fingerprint density at radius 3 is 2.67 bits per heavy atom. The molecule has 0 unspecified atom stereocenters. The number of nitrogens with one attached hydrogen (secondary N) is 1. The molecule has 2 heterocycles. The third kappa shape index (κ3) is 2.91. The number of pyridine rings is 2. The molecule has 0 bridgehead atoms. The smallest absolute Gasteiger partial charge is 0.254 e. The lowest BCUT2D eigenvalue weighted by Gasteiger charge is -2.12. The molecule has 0 aliphatic heterocycles. The van der Waals surface area contributed by atoms with Crippen LogP contribution in [0.15, 0.2) is 42.7 Å². The number of fused-ring (bicyclic) bond motifs is 1. The second-order valence-corrected chi connectivity index (χ2v) is 4.98. The Hall–Kier alpha value is -3.35. The summed E-state index contributed by atoms with van der Waals surface area (Å²) in [6, 6.07) is 8.49. The van der Waals surface area contributed by atoms with Crippen molar-refractivity contribution in [3.05, 3.63) is 48.3 Å². The summed E-state index contributed by atoms with van der Waals surface area (Å²) in [6.45, 7) is 0. The van der Waals surface area contributed by atoms with Gasteiger partial charge in [0.25, 0.3) is 5.91 Å². The van der Waals surface area contributed by atoms with E-state index >= 15 is 0 Å². The zero-order valence-electron chi connectivity index (χ0n) is 13.2. The molecule has 1 amide bonds. The average Bonchev–Trinajstić information content (AvgIpc) is 2.62. The van der Waals surface area contributed by atoms with Gasteiger partial charge in [0.15, 0.2) is 0 Å². The quantitative estimate of drug-likeness (QED) is 0.764. The Labute approximate surface area is 138 Å². The van der Waals surface area contributed by atoms with Crippen LogP contribution in [-0.2, 0) is 0 Å². The molecule has 122 valence electrons. The summed E-state index contributed by atoms with van der Waals surface area (Å²) < 4.78 is 11.1. The summed E-state index contributed by atoms with van der Waals surface area (Å²) >= 11 is 0. The maximum atomic E-state index is 12.1. The van der Waals surface area contributed by atoms with Gasteiger partial charge in [-0.2, -0.15) is 0 Å². The highest BCUT2D eigenvalue weighted by atomic mass is 16.5. The number of nitrogens with zero attached hydrogens (tertiary/aromatic N) is 2. The van der Waals surface area contributed by atoms with E-state index in [0.717, 1.165) is 0 Å². The number of methoxy groups -OCH3 is 1. The number of benzene rings is 1. The van der Waals surface area contributed by atoms with E-state index in [0.29, 0.717) is 39.5 Å². The third-order valence-electron chi connectivity index (χ3n) is 3.48. The van der Waals surface area contributed by atoms with Crippen LogP contribution < -0.4 is 20.5 Å². The van der Waals surface area contributed by atoms with Crippen LogP contribution >= 0.6 is 0 Å². The lowest BCUT2D eigenvalue weighted by atomic mass is 10.1. The largest absolute Gasteiger partial charge is 0.496 e. The topological polar surface area (TPSA) is 99.4 Å². The van der Waals surface area contributed by atoms with Crippen molar-refractivity contribution >= 4 is 22.6 Å². The number of aromatic nitrogens is 2. The molecule has 2 aromatic heterocycles. The number of nitrogen functional groups attached to an aromatic ring is 1. The van der Waals surface area contributed by atoms with Gasteiger partial charge in [-0.1, -0.05) is 0 Å². The molecular formula is C17H16N4O3. The first-order chi connectivity index (χ1) is 11.6. The van der Waals surface area contributed by atoms with Gasteiger partial charge in [-0.3, -0.25) is 9.78 Å². The van der Waals surface area contributed by atoms with Crippen LogP contribution in [0.1, 0.15) is 10.4 Å². The maximum absolute atomic E-state index is 12.1. The number of anilines is 1. The Morgan fingerprint density at radius 1 is 1.17 bits per heavy atom. The summed E-state index contributed by atoms with van der Waals surface area (Å²) in [5.74, 6) is 1.69. The second kappa shape index (κ2) is 6.41. The van der Waals surface area contributed by atoms with Gasteiger partial charge in [0, 0.05) is 24.7 Å². The van der Waals surface area contributed by atoms with Crippen LogP contribution in [0.4, 0.5) is 5.82 Å². The highest BCUT2D eigenvalue weighted by molar-refractivity contribution is 6.02. The molecule has 0 fully saturated rings. The van der Waals surface area contributed by atoms with Gasteiger partial charge >= 0.3 is 0 Å². The molecule has 3 aromatic rings. The van der Waals surface area contributed by atoms with Crippen molar-refractivity contribution in [2.75, 3.05) is 19.9 Å². The van der Waals surface area contributed by atoms with Gasteiger partial charge in [-0.25, -0.2) is 4.98 Å². The first kappa shape index (κ1) is 15.5. The first-order valence-electron chi connectivity index (χ1n) is 7.20. The molecular weight excluding hydrogens is 308 g/mol. The summed E-state index contributed by atoms with van der Waals surface area (Å²) in [5, 5.41) is 3.28. The number of amides is 1. The minimum absolute atomic E-state index is 0.252. The Kier molecular flexibility index (Phi) is 4.15. The zero-order chi connectivity index (χ0) is 17.1. The standard InChI is InChI=1S/C17H16N4O3/c1-19-17(22)12-7-11-13(8-15(12)23-2)20-6-5-14(11)24-10-3-4-16(18)21-9-10/h3-9H,1-2H3,(H2,18,21)(H,19,22). The third-order valence-corrected chi connectivity index (χ3v) is 3.48. The van der Waals surface area contributed by atoms with Crippen molar-refractivity contribution in [1.29, 1.82) is 0 Å². The Bertz CT molecular complexity index is 894. The van der Waals surface area contributed by atoms with Crippen LogP contribution in [0.3, 0.4) is 0 Å². The predicted molar refractivity (Wildman–Crippen MR) is 90.4 cm³/mol. The zero-order valence-corrected chi connectivity index (χ0v) is 13.2. The molecule has 0 aliphatic rings. The van der Waals surface area contributed by atoms with Gasteiger partial charge in [0.2, 0.25) is 0 Å². The van der Waals surface area contributed by atoms with E-state index in [9.17, 15) is 4.79 Å². The fourth-order valence-corrected chi connectivity index (χ4v) is 2.30. The summed E-state index contributed by atoms with van der Waals surface area (Å²) in [4.78, 5) is 20.4. The monoisotopic (exact) mass is 324 g/mol. The molecule has 24 heavy (non-hydrogen) atoms. The number of hydrogen-bond acceptors (Lipinski definition) is 6. The van der Waals surface area contributed by atoms with Gasteiger partial charge in [-0.15, -0.1) is 0 Å². The molecule has 0 aliphatic carbocycles. The molecule has 0 radical (unpaired) electrons. The van der Waals surface area contributed by atoms with Crippen LogP contribution in [0, 0.1) is 0 Å². The van der Waals surface area contributed by atoms with Crippen molar-refractivity contribution in [2.45, 2.75) is 0 Å². The SMILES string of the molecule is CNC(=O)c1cc2c(Oc3ccc(N)nc3)ccnc2cc1OC. The van der Waals surface area contributed by atoms with Crippen molar-refractivity contribution in [3.8, 4) is 17.2 Å². The Morgan fingerprint density at radius 2 is 2.00 bits per heavy atom. The summed E-state index contributed by atoms with van der Waals surface area (Å²) in [5.41, 5.74) is 6.63. The van der Waals surface area contributed by atoms with Crippen LogP contribution in [0.5, 0.6) is 17.2 Å². The van der Waals surface area contributed by atoms with Crippen molar-refractivity contribution in [2.24, 2.45) is 0 Å². The summed E-state index contributed by atoms with van der Waals surface area (Å²) in [6.07, 6.45) is 3.16. The van der Waals surface area contributed by atoms with Crippen LogP contribution in [0.25, 0.3) is 10.9 Å². The molecule has 1 aromatic carbocycles. The highest BCUT2D eigenvalue weighted by Crippen LogP contribution is 2.33. The van der Waals surface area contributed by atoms with Crippen LogP contribution in [0.2, 0.25) is 0 Å². The van der Waals surface area contributed by atoms with Crippen molar-refractivity contribution in [1.82, 2.24) is 15.3 Å². The van der Waals surface area contributed by atoms with Gasteiger partial charge in [0.05, 0.1) is 24.4 Å². The van der Waals surface area contributed by atoms with E-state index in [2.05, 4.69) is 15.3 Å². The van der Waals surface area contributed by atoms with Gasteiger partial charge in [-0.05, 0) is 24.3 Å². The molecule has 0 saturated carbocycles.